The molecule has 172 valence electrons. The lowest BCUT2D eigenvalue weighted by Gasteiger charge is -2.15. The maximum Gasteiger partial charge on any atom is 0.264 e. The fraction of sp³-hybridized carbons (Fsp3) is 0.889. The minimum Gasteiger partial charge on any atom is -0.379 e. The molecule has 11 heteroatoms. The monoisotopic (exact) mass is 440 g/mol. The van der Waals surface area contributed by atoms with Crippen LogP contribution in [0, 0.1) is 11.8 Å². The molecule has 0 fully saturated rings. The van der Waals surface area contributed by atoms with Crippen molar-refractivity contribution in [3.8, 4) is 0 Å². The molecular weight excluding hydrogens is 404 g/mol. The molecular formula is C18H36N2O8S. The van der Waals surface area contributed by atoms with E-state index < -0.39 is 21.8 Å². The van der Waals surface area contributed by atoms with E-state index >= 15 is 0 Å². The van der Waals surface area contributed by atoms with Gasteiger partial charge in [0.05, 0.1) is 51.3 Å². The van der Waals surface area contributed by atoms with Crippen molar-refractivity contribution in [3.05, 3.63) is 0 Å². The summed E-state index contributed by atoms with van der Waals surface area (Å²) in [7, 11) is -2.43. The van der Waals surface area contributed by atoms with Crippen molar-refractivity contribution in [2.75, 3.05) is 65.5 Å². The average molecular weight is 441 g/mol. The molecule has 29 heavy (non-hydrogen) atoms. The number of hydrogen-bond donors (Lipinski definition) is 3. The number of ketones is 1. The zero-order valence-corrected chi connectivity index (χ0v) is 18.5. The Kier molecular flexibility index (Phi) is 16.0. The van der Waals surface area contributed by atoms with Crippen LogP contribution in [0.4, 0.5) is 0 Å². The number of rotatable bonds is 19. The van der Waals surface area contributed by atoms with Crippen molar-refractivity contribution >= 4 is 21.8 Å². The van der Waals surface area contributed by atoms with Crippen LogP contribution in [0.2, 0.25) is 0 Å². The number of nitrogens with one attached hydrogen (secondary N) is 2. The van der Waals surface area contributed by atoms with Crippen molar-refractivity contribution in [2.24, 2.45) is 11.8 Å². The van der Waals surface area contributed by atoms with E-state index in [2.05, 4.69) is 10.6 Å². The van der Waals surface area contributed by atoms with Gasteiger partial charge in [0.1, 0.15) is 5.78 Å². The van der Waals surface area contributed by atoms with Gasteiger partial charge in [0, 0.05) is 25.4 Å². The standard InChI is InChI=1S/C18H36N2O8S/c1-15(2)17(21)4-7-26-9-11-28-12-10-27-8-6-20-18(22)16(14-19-3)5-13-29(23,24)25/h15-16,19H,4-14H2,1-3H3,(H,20,22)(H,23,24,25). The predicted octanol–water partition coefficient (Wildman–Crippen LogP) is -0.119. The Morgan fingerprint density at radius 2 is 1.52 bits per heavy atom. The highest BCUT2D eigenvalue weighted by molar-refractivity contribution is 7.85. The van der Waals surface area contributed by atoms with E-state index in [-0.39, 0.29) is 30.6 Å². The summed E-state index contributed by atoms with van der Waals surface area (Å²) >= 11 is 0. The Morgan fingerprint density at radius 1 is 0.966 bits per heavy atom. The summed E-state index contributed by atoms with van der Waals surface area (Å²) in [5.41, 5.74) is 0. The highest BCUT2D eigenvalue weighted by Crippen LogP contribution is 2.04. The number of carbonyl (C=O) groups excluding carboxylic acids is 2. The first-order valence-corrected chi connectivity index (χ1v) is 11.4. The zero-order valence-electron chi connectivity index (χ0n) is 17.6. The molecule has 3 N–H and O–H groups in total. The van der Waals surface area contributed by atoms with Crippen molar-refractivity contribution in [3.63, 3.8) is 0 Å². The Morgan fingerprint density at radius 3 is 2.03 bits per heavy atom. The summed E-state index contributed by atoms with van der Waals surface area (Å²) in [6.45, 7) is 6.60. The van der Waals surface area contributed by atoms with E-state index in [1.165, 1.54) is 0 Å². The Hall–Kier alpha value is -1.11. The van der Waals surface area contributed by atoms with Crippen molar-refractivity contribution in [1.29, 1.82) is 0 Å². The third kappa shape index (κ3) is 17.5. The number of carbonyl (C=O) groups is 2. The van der Waals surface area contributed by atoms with Gasteiger partial charge < -0.3 is 24.8 Å². The third-order valence-corrected chi connectivity index (χ3v) is 4.72. The minimum atomic E-state index is -4.09. The van der Waals surface area contributed by atoms with Crippen LogP contribution in [-0.4, -0.2) is 90.2 Å². The van der Waals surface area contributed by atoms with Crippen LogP contribution in [0.25, 0.3) is 0 Å². The maximum atomic E-state index is 12.0. The number of Topliss-reactive ketones (excluding diaryl/α,β-unsaturated/α-hetero) is 1. The van der Waals surface area contributed by atoms with Gasteiger partial charge >= 0.3 is 0 Å². The molecule has 0 aliphatic heterocycles. The van der Waals surface area contributed by atoms with Crippen LogP contribution < -0.4 is 10.6 Å². The topological polar surface area (TPSA) is 140 Å². The molecule has 0 aliphatic rings. The molecule has 0 rings (SSSR count). The second kappa shape index (κ2) is 16.7. The van der Waals surface area contributed by atoms with E-state index in [0.717, 1.165) is 0 Å². The second-order valence-electron chi connectivity index (χ2n) is 6.83. The molecule has 0 saturated carbocycles. The molecule has 1 atom stereocenters. The van der Waals surface area contributed by atoms with E-state index in [0.29, 0.717) is 52.6 Å². The fourth-order valence-electron chi connectivity index (χ4n) is 2.26. The highest BCUT2D eigenvalue weighted by Gasteiger charge is 2.19. The molecule has 10 nitrogen and oxygen atoms in total. The van der Waals surface area contributed by atoms with Crippen LogP contribution in [-0.2, 0) is 33.9 Å². The summed E-state index contributed by atoms with van der Waals surface area (Å²) in [5.74, 6) is -1.10. The van der Waals surface area contributed by atoms with Crippen LogP contribution in [0.15, 0.2) is 0 Å². The van der Waals surface area contributed by atoms with Crippen molar-refractivity contribution in [1.82, 2.24) is 10.6 Å². The Bertz CT molecular complexity index is 554. The van der Waals surface area contributed by atoms with Crippen LogP contribution in [0.5, 0.6) is 0 Å². The maximum absolute atomic E-state index is 12.0. The van der Waals surface area contributed by atoms with Gasteiger partial charge in [0.25, 0.3) is 10.1 Å². The smallest absolute Gasteiger partial charge is 0.264 e. The Balaban J connectivity index is 3.63. The molecule has 0 heterocycles. The summed E-state index contributed by atoms with van der Waals surface area (Å²) in [5, 5.41) is 5.50. The number of ether oxygens (including phenoxy) is 3. The van der Waals surface area contributed by atoms with Gasteiger partial charge in [0.15, 0.2) is 0 Å². The molecule has 0 radical (unpaired) electrons. The fourth-order valence-corrected chi connectivity index (χ4v) is 2.84. The average Bonchev–Trinajstić information content (AvgIpc) is 2.64. The van der Waals surface area contributed by atoms with Gasteiger partial charge in [-0.2, -0.15) is 8.42 Å². The minimum absolute atomic E-state index is 0.0302. The van der Waals surface area contributed by atoms with Gasteiger partial charge in [-0.1, -0.05) is 13.8 Å². The summed E-state index contributed by atoms with van der Waals surface area (Å²) in [4.78, 5) is 23.4. The van der Waals surface area contributed by atoms with Crippen LogP contribution >= 0.6 is 0 Å². The summed E-state index contributed by atoms with van der Waals surface area (Å²) in [6.07, 6.45) is 0.450. The van der Waals surface area contributed by atoms with Crippen LogP contribution in [0.1, 0.15) is 26.7 Å². The van der Waals surface area contributed by atoms with Gasteiger partial charge in [-0.15, -0.1) is 0 Å². The molecule has 1 amide bonds. The molecule has 0 saturated heterocycles. The SMILES string of the molecule is CNCC(CCS(=O)(=O)O)C(=O)NCCOCCOCCOCCC(=O)C(C)C. The molecule has 0 aliphatic carbocycles. The Labute approximate surface area is 173 Å². The lowest BCUT2D eigenvalue weighted by molar-refractivity contribution is -0.125. The van der Waals surface area contributed by atoms with E-state index in [1.54, 1.807) is 7.05 Å². The van der Waals surface area contributed by atoms with E-state index in [4.69, 9.17) is 18.8 Å². The quantitative estimate of drug-likeness (QED) is 0.185. The largest absolute Gasteiger partial charge is 0.379 e. The molecule has 0 aromatic rings. The highest BCUT2D eigenvalue weighted by atomic mass is 32.2. The predicted molar refractivity (Wildman–Crippen MR) is 108 cm³/mol. The third-order valence-electron chi connectivity index (χ3n) is 3.97. The lowest BCUT2D eigenvalue weighted by Crippen LogP contribution is -2.38. The second-order valence-corrected chi connectivity index (χ2v) is 8.40. The van der Waals surface area contributed by atoms with Crippen molar-refractivity contribution < 1.29 is 36.8 Å². The molecule has 0 spiro atoms. The first kappa shape index (κ1) is 27.9. The lowest BCUT2D eigenvalue weighted by atomic mass is 10.1. The normalized spacial score (nSPS) is 12.9. The van der Waals surface area contributed by atoms with E-state index in [9.17, 15) is 18.0 Å². The van der Waals surface area contributed by atoms with Crippen molar-refractivity contribution in [2.45, 2.75) is 26.7 Å². The van der Waals surface area contributed by atoms with E-state index in [1.807, 2.05) is 13.8 Å². The molecule has 0 aromatic carbocycles. The van der Waals surface area contributed by atoms with Gasteiger partial charge in [-0.3, -0.25) is 14.1 Å². The molecule has 1 unspecified atom stereocenters. The first-order valence-electron chi connectivity index (χ1n) is 9.80. The van der Waals surface area contributed by atoms with Gasteiger partial charge in [-0.25, -0.2) is 0 Å². The molecule has 0 bridgehead atoms. The van der Waals surface area contributed by atoms with Crippen LogP contribution in [0.3, 0.4) is 0 Å². The van der Waals surface area contributed by atoms with Gasteiger partial charge in [0.2, 0.25) is 5.91 Å². The summed E-state index contributed by atoms with van der Waals surface area (Å²) in [6, 6.07) is 0. The summed E-state index contributed by atoms with van der Waals surface area (Å²) < 4.78 is 46.5. The first-order chi connectivity index (χ1) is 13.7. The molecule has 0 aromatic heterocycles. The number of amides is 1. The number of hydrogen-bond acceptors (Lipinski definition) is 8. The zero-order chi connectivity index (χ0) is 22.1. The van der Waals surface area contributed by atoms with Gasteiger partial charge in [-0.05, 0) is 13.5 Å².